The highest BCUT2D eigenvalue weighted by molar-refractivity contribution is 5.82. The van der Waals surface area contributed by atoms with Crippen molar-refractivity contribution in [2.45, 2.75) is 6.42 Å². The van der Waals surface area contributed by atoms with Crippen LogP contribution in [0.1, 0.15) is 5.56 Å². The Morgan fingerprint density at radius 3 is 2.69 bits per heavy atom. The van der Waals surface area contributed by atoms with Gasteiger partial charge in [0.15, 0.2) is 0 Å². The van der Waals surface area contributed by atoms with Crippen molar-refractivity contribution in [1.29, 1.82) is 0 Å². The summed E-state index contributed by atoms with van der Waals surface area (Å²) in [7, 11) is 0. The second-order valence-electron chi connectivity index (χ2n) is 3.91. The van der Waals surface area contributed by atoms with Gasteiger partial charge in [-0.3, -0.25) is 4.79 Å². The summed E-state index contributed by atoms with van der Waals surface area (Å²) < 4.78 is 0. The minimum atomic E-state index is 0.0747. The van der Waals surface area contributed by atoms with E-state index >= 15 is 0 Å². The number of amides is 1. The molecule has 0 unspecified atom stereocenters. The summed E-state index contributed by atoms with van der Waals surface area (Å²) in [6.07, 6.45) is 0.681. The van der Waals surface area contributed by atoms with Gasteiger partial charge in [0, 0.05) is 25.4 Å². The molecule has 1 aliphatic heterocycles. The van der Waals surface area contributed by atoms with Gasteiger partial charge in [0.1, 0.15) is 0 Å². The Morgan fingerprint density at radius 1 is 1.31 bits per heavy atom. The molecule has 1 aromatic rings. The molecule has 1 fully saturated rings. The summed E-state index contributed by atoms with van der Waals surface area (Å²) in [4.78, 5) is 13.3. The predicted octanol–water partition coefficient (Wildman–Crippen LogP) is 0.158. The number of rotatable bonds is 3. The summed E-state index contributed by atoms with van der Waals surface area (Å²) in [5.41, 5.74) is 2.18. The van der Waals surface area contributed by atoms with E-state index in [-0.39, 0.29) is 12.5 Å². The van der Waals surface area contributed by atoms with E-state index in [0.29, 0.717) is 19.5 Å². The number of hydrogen-bond acceptors (Lipinski definition) is 3. The van der Waals surface area contributed by atoms with Gasteiger partial charge >= 0.3 is 0 Å². The van der Waals surface area contributed by atoms with Crippen LogP contribution in [0.2, 0.25) is 0 Å². The number of hydrogen-bond donors (Lipinski definition) is 2. The van der Waals surface area contributed by atoms with E-state index < -0.39 is 0 Å². The van der Waals surface area contributed by atoms with Gasteiger partial charge in [-0.15, -0.1) is 0 Å². The molecule has 1 heterocycles. The maximum absolute atomic E-state index is 11.2. The number of aliphatic hydroxyl groups is 1. The zero-order valence-electron chi connectivity index (χ0n) is 9.15. The fourth-order valence-electron chi connectivity index (χ4n) is 1.86. The highest BCUT2D eigenvalue weighted by Crippen LogP contribution is 2.16. The van der Waals surface area contributed by atoms with Crippen LogP contribution in [0.3, 0.4) is 0 Å². The minimum Gasteiger partial charge on any atom is -0.396 e. The van der Waals surface area contributed by atoms with Crippen LogP contribution in [0.25, 0.3) is 0 Å². The fraction of sp³-hybridized carbons (Fsp3) is 0.417. The monoisotopic (exact) mass is 220 g/mol. The van der Waals surface area contributed by atoms with Gasteiger partial charge in [-0.2, -0.15) is 0 Å². The molecule has 0 atom stereocenters. The van der Waals surface area contributed by atoms with E-state index in [0.717, 1.165) is 17.8 Å². The average molecular weight is 220 g/mol. The van der Waals surface area contributed by atoms with Crippen LogP contribution in [-0.2, 0) is 11.2 Å². The number of piperazine rings is 1. The zero-order valence-corrected chi connectivity index (χ0v) is 9.15. The maximum atomic E-state index is 11.2. The number of anilines is 1. The van der Waals surface area contributed by atoms with Crippen LogP contribution >= 0.6 is 0 Å². The smallest absolute Gasteiger partial charge is 0.239 e. The second kappa shape index (κ2) is 4.99. The van der Waals surface area contributed by atoms with Crippen molar-refractivity contribution in [1.82, 2.24) is 5.32 Å². The van der Waals surface area contributed by atoms with Gasteiger partial charge in [0.2, 0.25) is 5.91 Å². The van der Waals surface area contributed by atoms with E-state index in [1.807, 2.05) is 24.3 Å². The van der Waals surface area contributed by atoms with Crippen LogP contribution in [0.5, 0.6) is 0 Å². The van der Waals surface area contributed by atoms with Gasteiger partial charge in [-0.05, 0) is 24.1 Å². The number of carbonyl (C=O) groups is 1. The van der Waals surface area contributed by atoms with Crippen LogP contribution in [0.15, 0.2) is 24.3 Å². The van der Waals surface area contributed by atoms with Crippen molar-refractivity contribution in [2.75, 3.05) is 31.1 Å². The number of benzene rings is 1. The number of nitrogens with zero attached hydrogens (tertiary/aromatic N) is 1. The SMILES string of the molecule is O=C1CN(c2ccc(CCO)cc2)CCN1. The Balaban J connectivity index is 2.05. The van der Waals surface area contributed by atoms with Crippen LogP contribution < -0.4 is 10.2 Å². The molecule has 2 N–H and O–H groups in total. The van der Waals surface area contributed by atoms with Crippen molar-refractivity contribution in [3.05, 3.63) is 29.8 Å². The molecule has 0 radical (unpaired) electrons. The van der Waals surface area contributed by atoms with Crippen LogP contribution in [-0.4, -0.2) is 37.3 Å². The molecule has 1 amide bonds. The molecule has 1 aliphatic rings. The predicted molar refractivity (Wildman–Crippen MR) is 62.5 cm³/mol. The molecular formula is C12H16N2O2. The number of aliphatic hydroxyl groups excluding tert-OH is 1. The first-order valence-electron chi connectivity index (χ1n) is 5.51. The molecule has 0 bridgehead atoms. The molecule has 0 aromatic heterocycles. The molecule has 1 aromatic carbocycles. The Bertz CT molecular complexity index is 362. The fourth-order valence-corrected chi connectivity index (χ4v) is 1.86. The van der Waals surface area contributed by atoms with E-state index in [1.165, 1.54) is 0 Å². The molecule has 1 saturated heterocycles. The summed E-state index contributed by atoms with van der Waals surface area (Å²) in [5, 5.41) is 11.6. The zero-order chi connectivity index (χ0) is 11.4. The Labute approximate surface area is 94.9 Å². The summed E-state index contributed by atoms with van der Waals surface area (Å²) in [5.74, 6) is 0.0747. The van der Waals surface area contributed by atoms with E-state index in [2.05, 4.69) is 10.2 Å². The standard InChI is InChI=1S/C12H16N2O2/c15-8-5-10-1-3-11(4-2-10)14-7-6-13-12(16)9-14/h1-4,15H,5-9H2,(H,13,16). The first kappa shape index (κ1) is 11.0. The average Bonchev–Trinajstić information content (AvgIpc) is 2.30. The molecule has 4 heteroatoms. The van der Waals surface area contributed by atoms with Gasteiger partial charge in [-0.1, -0.05) is 12.1 Å². The molecule has 0 aliphatic carbocycles. The van der Waals surface area contributed by atoms with Gasteiger partial charge in [0.05, 0.1) is 6.54 Å². The van der Waals surface area contributed by atoms with Gasteiger partial charge in [0.25, 0.3) is 0 Å². The van der Waals surface area contributed by atoms with Gasteiger partial charge in [-0.25, -0.2) is 0 Å². The quantitative estimate of drug-likeness (QED) is 0.763. The third-order valence-electron chi connectivity index (χ3n) is 2.74. The van der Waals surface area contributed by atoms with Gasteiger partial charge < -0.3 is 15.3 Å². The lowest BCUT2D eigenvalue weighted by Crippen LogP contribution is -2.47. The second-order valence-corrected chi connectivity index (χ2v) is 3.91. The maximum Gasteiger partial charge on any atom is 0.239 e. The van der Waals surface area contributed by atoms with Crippen molar-refractivity contribution < 1.29 is 9.90 Å². The number of carbonyl (C=O) groups excluding carboxylic acids is 1. The molecule has 16 heavy (non-hydrogen) atoms. The third-order valence-corrected chi connectivity index (χ3v) is 2.74. The molecule has 86 valence electrons. The summed E-state index contributed by atoms with van der Waals surface area (Å²) in [6.45, 7) is 2.16. The molecular weight excluding hydrogens is 204 g/mol. The first-order chi connectivity index (χ1) is 7.79. The molecule has 2 rings (SSSR count). The van der Waals surface area contributed by atoms with E-state index in [4.69, 9.17) is 5.11 Å². The van der Waals surface area contributed by atoms with Crippen LogP contribution in [0.4, 0.5) is 5.69 Å². The summed E-state index contributed by atoms with van der Waals surface area (Å²) in [6, 6.07) is 8.00. The third kappa shape index (κ3) is 2.52. The lowest BCUT2D eigenvalue weighted by atomic mass is 10.1. The Hall–Kier alpha value is -1.55. The largest absolute Gasteiger partial charge is 0.396 e. The van der Waals surface area contributed by atoms with Crippen LogP contribution in [0, 0.1) is 0 Å². The molecule has 4 nitrogen and oxygen atoms in total. The van der Waals surface area contributed by atoms with Crippen molar-refractivity contribution in [3.8, 4) is 0 Å². The van der Waals surface area contributed by atoms with E-state index in [9.17, 15) is 4.79 Å². The van der Waals surface area contributed by atoms with Crippen molar-refractivity contribution in [2.24, 2.45) is 0 Å². The number of nitrogens with one attached hydrogen (secondary N) is 1. The Morgan fingerprint density at radius 2 is 2.06 bits per heavy atom. The Kier molecular flexibility index (Phi) is 3.41. The lowest BCUT2D eigenvalue weighted by molar-refractivity contribution is -0.120. The molecule has 0 spiro atoms. The normalized spacial score (nSPS) is 16.1. The van der Waals surface area contributed by atoms with Crippen molar-refractivity contribution in [3.63, 3.8) is 0 Å². The topological polar surface area (TPSA) is 52.6 Å². The minimum absolute atomic E-state index is 0.0747. The van der Waals surface area contributed by atoms with E-state index in [1.54, 1.807) is 0 Å². The lowest BCUT2D eigenvalue weighted by Gasteiger charge is -2.28. The van der Waals surface area contributed by atoms with Crippen molar-refractivity contribution >= 4 is 11.6 Å². The summed E-state index contributed by atoms with van der Waals surface area (Å²) >= 11 is 0. The highest BCUT2D eigenvalue weighted by Gasteiger charge is 2.15. The first-order valence-corrected chi connectivity index (χ1v) is 5.51. The molecule has 0 saturated carbocycles. The highest BCUT2D eigenvalue weighted by atomic mass is 16.2.